The molecule has 2 rings (SSSR count). The molecule has 0 spiro atoms. The second-order valence-corrected chi connectivity index (χ2v) is 4.72. The first-order valence-electron chi connectivity index (χ1n) is 5.81. The Labute approximate surface area is 114 Å². The van der Waals surface area contributed by atoms with Crippen LogP contribution in [-0.4, -0.2) is 30.5 Å². The zero-order valence-electron chi connectivity index (χ0n) is 10.4. The molecule has 1 aromatic carbocycles. The van der Waals surface area contributed by atoms with E-state index in [-0.39, 0.29) is 0 Å². The number of fused-ring (bicyclic) bond motifs is 1. The smallest absolute Gasteiger partial charge is 0.123 e. The highest BCUT2D eigenvalue weighted by atomic mass is 79.9. The SMILES string of the molecule is CCc1cc2nncc(Br)c2cc1OCCOC. The highest BCUT2D eigenvalue weighted by Crippen LogP contribution is 2.29. The van der Waals surface area contributed by atoms with Gasteiger partial charge in [0.2, 0.25) is 0 Å². The average Bonchev–Trinajstić information content (AvgIpc) is 2.39. The molecule has 0 aliphatic carbocycles. The van der Waals surface area contributed by atoms with Crippen LogP contribution >= 0.6 is 15.9 Å². The van der Waals surface area contributed by atoms with Crippen LogP contribution in [0.3, 0.4) is 0 Å². The van der Waals surface area contributed by atoms with Crippen LogP contribution in [0.5, 0.6) is 5.75 Å². The summed E-state index contributed by atoms with van der Waals surface area (Å²) in [7, 11) is 1.66. The van der Waals surface area contributed by atoms with Gasteiger partial charge in [-0.1, -0.05) is 6.92 Å². The first-order valence-corrected chi connectivity index (χ1v) is 6.61. The van der Waals surface area contributed by atoms with Crippen molar-refractivity contribution in [2.24, 2.45) is 0 Å². The number of hydrogen-bond donors (Lipinski definition) is 0. The normalized spacial score (nSPS) is 10.8. The number of hydrogen-bond acceptors (Lipinski definition) is 4. The summed E-state index contributed by atoms with van der Waals surface area (Å²) < 4.78 is 11.7. The van der Waals surface area contributed by atoms with Gasteiger partial charge in [-0.05, 0) is 40.0 Å². The minimum atomic E-state index is 0.547. The fourth-order valence-corrected chi connectivity index (χ4v) is 2.15. The molecule has 0 aliphatic heterocycles. The number of aromatic nitrogens is 2. The maximum atomic E-state index is 5.74. The Bertz CT molecular complexity index is 546. The summed E-state index contributed by atoms with van der Waals surface area (Å²) >= 11 is 3.48. The summed E-state index contributed by atoms with van der Waals surface area (Å²) in [4.78, 5) is 0. The van der Waals surface area contributed by atoms with Crippen LogP contribution in [0.2, 0.25) is 0 Å². The summed E-state index contributed by atoms with van der Waals surface area (Å²) in [5.74, 6) is 0.885. The van der Waals surface area contributed by atoms with Gasteiger partial charge < -0.3 is 9.47 Å². The number of ether oxygens (including phenoxy) is 2. The van der Waals surface area contributed by atoms with E-state index in [1.807, 2.05) is 12.1 Å². The van der Waals surface area contributed by atoms with Gasteiger partial charge >= 0.3 is 0 Å². The van der Waals surface area contributed by atoms with Crippen LogP contribution in [0, 0.1) is 0 Å². The molecule has 0 atom stereocenters. The quantitative estimate of drug-likeness (QED) is 0.796. The van der Waals surface area contributed by atoms with E-state index in [4.69, 9.17) is 9.47 Å². The molecule has 2 aromatic rings. The summed E-state index contributed by atoms with van der Waals surface area (Å²) in [5, 5.41) is 9.07. The topological polar surface area (TPSA) is 44.2 Å². The minimum Gasteiger partial charge on any atom is -0.491 e. The van der Waals surface area contributed by atoms with Crippen molar-refractivity contribution in [2.75, 3.05) is 20.3 Å². The summed E-state index contributed by atoms with van der Waals surface area (Å²) in [6.07, 6.45) is 2.58. The highest BCUT2D eigenvalue weighted by Gasteiger charge is 2.08. The van der Waals surface area contributed by atoms with Gasteiger partial charge in [0, 0.05) is 17.0 Å². The summed E-state index contributed by atoms with van der Waals surface area (Å²) in [6.45, 7) is 3.22. The highest BCUT2D eigenvalue weighted by molar-refractivity contribution is 9.10. The van der Waals surface area contributed by atoms with E-state index in [2.05, 4.69) is 33.1 Å². The molecular weight excluding hydrogens is 296 g/mol. The molecule has 0 radical (unpaired) electrons. The first kappa shape index (κ1) is 13.2. The molecular formula is C13H15BrN2O2. The largest absolute Gasteiger partial charge is 0.491 e. The number of methoxy groups -OCH3 is 1. The molecule has 0 aliphatic rings. The Hall–Kier alpha value is -1.20. The van der Waals surface area contributed by atoms with Crippen molar-refractivity contribution in [2.45, 2.75) is 13.3 Å². The van der Waals surface area contributed by atoms with Crippen molar-refractivity contribution >= 4 is 26.8 Å². The number of aryl methyl sites for hydroxylation is 1. The fraction of sp³-hybridized carbons (Fsp3) is 0.385. The molecule has 0 saturated carbocycles. The van der Waals surface area contributed by atoms with Gasteiger partial charge in [-0.3, -0.25) is 0 Å². The molecule has 0 amide bonds. The molecule has 96 valence electrons. The Kier molecular flexibility index (Phi) is 4.49. The molecule has 1 heterocycles. The molecule has 0 unspecified atom stereocenters. The standard InChI is InChI=1S/C13H15BrN2O2/c1-3-9-6-12-10(11(14)8-15-16-12)7-13(9)18-5-4-17-2/h6-8H,3-5H2,1-2H3. The van der Waals surface area contributed by atoms with E-state index >= 15 is 0 Å². The van der Waals surface area contributed by atoms with Crippen molar-refractivity contribution in [1.29, 1.82) is 0 Å². The van der Waals surface area contributed by atoms with Crippen molar-refractivity contribution in [3.8, 4) is 5.75 Å². The molecule has 0 N–H and O–H groups in total. The molecule has 0 saturated heterocycles. The van der Waals surface area contributed by atoms with Gasteiger partial charge in [-0.25, -0.2) is 0 Å². The predicted octanol–water partition coefficient (Wildman–Crippen LogP) is 2.98. The van der Waals surface area contributed by atoms with E-state index < -0.39 is 0 Å². The van der Waals surface area contributed by atoms with E-state index in [9.17, 15) is 0 Å². The number of rotatable bonds is 5. The van der Waals surface area contributed by atoms with Crippen LogP contribution in [0.4, 0.5) is 0 Å². The third-order valence-corrected chi connectivity index (χ3v) is 3.33. The number of halogens is 1. The lowest BCUT2D eigenvalue weighted by Crippen LogP contribution is -2.06. The molecule has 1 aromatic heterocycles. The second-order valence-electron chi connectivity index (χ2n) is 3.86. The van der Waals surface area contributed by atoms with E-state index in [1.165, 1.54) is 0 Å². The fourth-order valence-electron chi connectivity index (χ4n) is 1.74. The summed E-state index contributed by atoms with van der Waals surface area (Å²) in [5.41, 5.74) is 2.01. The second kappa shape index (κ2) is 6.11. The van der Waals surface area contributed by atoms with Crippen molar-refractivity contribution in [3.63, 3.8) is 0 Å². The Balaban J connectivity index is 2.40. The van der Waals surface area contributed by atoms with Crippen LogP contribution < -0.4 is 4.74 Å². The van der Waals surface area contributed by atoms with Crippen LogP contribution in [0.25, 0.3) is 10.9 Å². The van der Waals surface area contributed by atoms with Gasteiger partial charge in [-0.15, -0.1) is 0 Å². The van der Waals surface area contributed by atoms with Gasteiger partial charge in [-0.2, -0.15) is 10.2 Å². The van der Waals surface area contributed by atoms with Gasteiger partial charge in [0.15, 0.2) is 0 Å². The van der Waals surface area contributed by atoms with Crippen molar-refractivity contribution in [1.82, 2.24) is 10.2 Å². The van der Waals surface area contributed by atoms with Crippen LogP contribution in [0.1, 0.15) is 12.5 Å². The summed E-state index contributed by atoms with van der Waals surface area (Å²) in [6, 6.07) is 4.03. The van der Waals surface area contributed by atoms with E-state index in [1.54, 1.807) is 13.3 Å². The first-order chi connectivity index (χ1) is 8.76. The van der Waals surface area contributed by atoms with Crippen molar-refractivity contribution < 1.29 is 9.47 Å². The van der Waals surface area contributed by atoms with E-state index in [0.29, 0.717) is 13.2 Å². The lowest BCUT2D eigenvalue weighted by Gasteiger charge is -2.11. The average molecular weight is 311 g/mol. The third kappa shape index (κ3) is 2.79. The monoisotopic (exact) mass is 310 g/mol. The number of benzene rings is 1. The maximum absolute atomic E-state index is 5.74. The number of nitrogens with zero attached hydrogens (tertiary/aromatic N) is 2. The minimum absolute atomic E-state index is 0.547. The zero-order valence-corrected chi connectivity index (χ0v) is 12.0. The zero-order chi connectivity index (χ0) is 13.0. The molecule has 0 fully saturated rings. The van der Waals surface area contributed by atoms with Crippen molar-refractivity contribution in [3.05, 3.63) is 28.4 Å². The third-order valence-electron chi connectivity index (χ3n) is 2.70. The van der Waals surface area contributed by atoms with Gasteiger partial charge in [0.05, 0.1) is 18.3 Å². The maximum Gasteiger partial charge on any atom is 0.123 e. The molecule has 0 bridgehead atoms. The van der Waals surface area contributed by atoms with Gasteiger partial charge in [0.1, 0.15) is 12.4 Å². The molecule has 4 nitrogen and oxygen atoms in total. The van der Waals surface area contributed by atoms with E-state index in [0.717, 1.165) is 33.1 Å². The Morgan fingerprint density at radius 2 is 2.11 bits per heavy atom. The van der Waals surface area contributed by atoms with Crippen LogP contribution in [0.15, 0.2) is 22.8 Å². The van der Waals surface area contributed by atoms with Gasteiger partial charge in [0.25, 0.3) is 0 Å². The molecule has 5 heteroatoms. The predicted molar refractivity (Wildman–Crippen MR) is 74.0 cm³/mol. The lowest BCUT2D eigenvalue weighted by atomic mass is 10.1. The van der Waals surface area contributed by atoms with Crippen LogP contribution in [-0.2, 0) is 11.2 Å². The Morgan fingerprint density at radius 3 is 2.83 bits per heavy atom. The lowest BCUT2D eigenvalue weighted by molar-refractivity contribution is 0.146. The molecule has 18 heavy (non-hydrogen) atoms. The Morgan fingerprint density at radius 1 is 1.28 bits per heavy atom.